The van der Waals surface area contributed by atoms with Crippen molar-refractivity contribution in [3.63, 3.8) is 0 Å². The van der Waals surface area contributed by atoms with Crippen LogP contribution in [0.5, 0.6) is 0 Å². The fourth-order valence-corrected chi connectivity index (χ4v) is 4.87. The second-order valence-corrected chi connectivity index (χ2v) is 10.4. The van der Waals surface area contributed by atoms with E-state index in [4.69, 9.17) is 4.84 Å². The number of benzene rings is 4. The van der Waals surface area contributed by atoms with E-state index in [2.05, 4.69) is 12.1 Å². The number of hydrogen-bond donors (Lipinski definition) is 0. The molecule has 0 saturated heterocycles. The van der Waals surface area contributed by atoms with Crippen molar-refractivity contribution in [1.82, 2.24) is 0 Å². The minimum Gasteiger partial charge on any atom is -0.312 e. The number of carbonyl (C=O) groups is 3. The normalized spacial score (nSPS) is 11.2. The number of unbranched alkanes of at least 4 members (excludes halogenated alkanes) is 3. The van der Waals surface area contributed by atoms with Crippen LogP contribution >= 0.6 is 11.8 Å². The van der Waals surface area contributed by atoms with Crippen LogP contribution in [0.15, 0.2) is 124 Å². The first-order valence-electron chi connectivity index (χ1n) is 13.4. The molecule has 0 spiro atoms. The number of nitrogens with zero attached hydrogens (tertiary/aromatic N) is 1. The quantitative estimate of drug-likeness (QED) is 0.0550. The van der Waals surface area contributed by atoms with Crippen molar-refractivity contribution in [1.29, 1.82) is 0 Å². The molecule has 40 heavy (non-hydrogen) atoms. The minimum absolute atomic E-state index is 0.0124. The van der Waals surface area contributed by atoms with Crippen LogP contribution in [0.25, 0.3) is 0 Å². The highest BCUT2D eigenvalue weighted by Gasteiger charge is 2.17. The lowest BCUT2D eigenvalue weighted by Crippen LogP contribution is -2.16. The van der Waals surface area contributed by atoms with Gasteiger partial charge in [-0.15, -0.1) is 0 Å². The first kappa shape index (κ1) is 28.7. The molecule has 6 heteroatoms. The van der Waals surface area contributed by atoms with Gasteiger partial charge in [0, 0.05) is 26.5 Å². The summed E-state index contributed by atoms with van der Waals surface area (Å²) >= 11 is 1.54. The van der Waals surface area contributed by atoms with Gasteiger partial charge in [0.15, 0.2) is 5.78 Å². The Kier molecular flexibility index (Phi) is 10.6. The van der Waals surface area contributed by atoms with E-state index in [9.17, 15) is 14.4 Å². The summed E-state index contributed by atoms with van der Waals surface area (Å²) < 4.78 is 0. The second kappa shape index (κ2) is 14.8. The van der Waals surface area contributed by atoms with Crippen LogP contribution in [0, 0.1) is 0 Å². The SMILES string of the molecule is CCCCCCC(=NOC(=O)c1ccccc1)C(=O)c1ccc(Sc2ccc(C(=O)c3ccccc3)cc2)cc1. The highest BCUT2D eigenvalue weighted by Crippen LogP contribution is 2.28. The van der Waals surface area contributed by atoms with Gasteiger partial charge >= 0.3 is 5.97 Å². The molecule has 0 atom stereocenters. The third-order valence-electron chi connectivity index (χ3n) is 6.28. The molecule has 0 aliphatic rings. The molecule has 0 N–H and O–H groups in total. The summed E-state index contributed by atoms with van der Waals surface area (Å²) in [6.45, 7) is 2.12. The molecule has 0 amide bonds. The van der Waals surface area contributed by atoms with E-state index >= 15 is 0 Å². The predicted octanol–water partition coefficient (Wildman–Crippen LogP) is 8.43. The highest BCUT2D eigenvalue weighted by molar-refractivity contribution is 7.99. The van der Waals surface area contributed by atoms with Crippen molar-refractivity contribution >= 4 is 35.0 Å². The average Bonchev–Trinajstić information content (AvgIpc) is 3.01. The van der Waals surface area contributed by atoms with Gasteiger partial charge in [0.1, 0.15) is 5.71 Å². The summed E-state index contributed by atoms with van der Waals surface area (Å²) in [6.07, 6.45) is 4.34. The Morgan fingerprint density at radius 1 is 0.625 bits per heavy atom. The van der Waals surface area contributed by atoms with Crippen molar-refractivity contribution in [3.8, 4) is 0 Å². The van der Waals surface area contributed by atoms with Crippen LogP contribution in [0.1, 0.15) is 75.7 Å². The summed E-state index contributed by atoms with van der Waals surface area (Å²) in [5, 5.41) is 3.99. The molecule has 202 valence electrons. The van der Waals surface area contributed by atoms with E-state index in [1.165, 1.54) is 0 Å². The fourth-order valence-electron chi connectivity index (χ4n) is 4.05. The summed E-state index contributed by atoms with van der Waals surface area (Å²) in [6, 6.07) is 32.6. The lowest BCUT2D eigenvalue weighted by Gasteiger charge is -2.08. The van der Waals surface area contributed by atoms with Crippen LogP contribution in [-0.4, -0.2) is 23.2 Å². The Hall–Kier alpha value is -4.29. The summed E-state index contributed by atoms with van der Waals surface area (Å²) in [7, 11) is 0. The third kappa shape index (κ3) is 8.10. The Morgan fingerprint density at radius 3 is 1.73 bits per heavy atom. The molecule has 0 bridgehead atoms. The van der Waals surface area contributed by atoms with Crippen molar-refractivity contribution in [2.24, 2.45) is 5.16 Å². The largest absolute Gasteiger partial charge is 0.365 e. The van der Waals surface area contributed by atoms with Crippen LogP contribution in [0.2, 0.25) is 0 Å². The van der Waals surface area contributed by atoms with Gasteiger partial charge in [-0.05, 0) is 73.5 Å². The molecule has 0 aromatic heterocycles. The van der Waals surface area contributed by atoms with Gasteiger partial charge in [0.25, 0.3) is 0 Å². The maximum atomic E-state index is 13.3. The molecule has 0 heterocycles. The lowest BCUT2D eigenvalue weighted by atomic mass is 10.0. The maximum Gasteiger partial charge on any atom is 0.365 e. The van der Waals surface area contributed by atoms with Gasteiger partial charge in [0.2, 0.25) is 5.78 Å². The van der Waals surface area contributed by atoms with E-state index in [1.54, 1.807) is 48.2 Å². The zero-order valence-corrected chi connectivity index (χ0v) is 23.2. The molecule has 4 rings (SSSR count). The summed E-state index contributed by atoms with van der Waals surface area (Å²) in [4.78, 5) is 45.4. The van der Waals surface area contributed by atoms with Gasteiger partial charge in [-0.3, -0.25) is 9.59 Å². The fraction of sp³-hybridized carbons (Fsp3) is 0.176. The Bertz CT molecular complexity index is 1450. The van der Waals surface area contributed by atoms with Crippen molar-refractivity contribution in [2.75, 3.05) is 0 Å². The van der Waals surface area contributed by atoms with Gasteiger partial charge in [-0.1, -0.05) is 91.6 Å². The molecule has 0 fully saturated rings. The monoisotopic (exact) mass is 549 g/mol. The zero-order chi connectivity index (χ0) is 28.2. The number of rotatable bonds is 13. The Labute approximate surface area is 239 Å². The van der Waals surface area contributed by atoms with Crippen LogP contribution in [-0.2, 0) is 4.84 Å². The number of carbonyl (C=O) groups excluding carboxylic acids is 3. The molecule has 5 nitrogen and oxygen atoms in total. The number of hydrogen-bond acceptors (Lipinski definition) is 6. The van der Waals surface area contributed by atoms with Crippen molar-refractivity contribution < 1.29 is 19.2 Å². The first-order chi connectivity index (χ1) is 19.5. The standard InChI is InChI=1S/C34H31NO4S/c1-2-3-4-11-16-31(35-39-34(38)28-14-9-6-10-15-28)33(37)27-19-23-30(24-20-27)40-29-21-17-26(18-22-29)32(36)25-12-7-5-8-13-25/h5-10,12-15,17-24H,2-4,11,16H2,1H3. The molecule has 0 saturated carbocycles. The molecule has 4 aromatic carbocycles. The number of ketones is 2. The lowest BCUT2D eigenvalue weighted by molar-refractivity contribution is 0.0514. The molecule has 0 unspecified atom stereocenters. The predicted molar refractivity (Wildman–Crippen MR) is 159 cm³/mol. The van der Waals surface area contributed by atoms with Gasteiger partial charge in [-0.25, -0.2) is 4.79 Å². The molecule has 4 aromatic rings. The summed E-state index contributed by atoms with van der Waals surface area (Å²) in [5.74, 6) is -0.859. The molecule has 0 aliphatic heterocycles. The Morgan fingerprint density at radius 2 is 1.15 bits per heavy atom. The second-order valence-electron chi connectivity index (χ2n) is 9.27. The van der Waals surface area contributed by atoms with Gasteiger partial charge < -0.3 is 4.84 Å². The van der Waals surface area contributed by atoms with Crippen LogP contribution in [0.3, 0.4) is 0 Å². The highest BCUT2D eigenvalue weighted by atomic mass is 32.2. The van der Waals surface area contributed by atoms with E-state index in [0.29, 0.717) is 28.7 Å². The van der Waals surface area contributed by atoms with E-state index in [-0.39, 0.29) is 17.3 Å². The van der Waals surface area contributed by atoms with Crippen LogP contribution < -0.4 is 0 Å². The van der Waals surface area contributed by atoms with Crippen molar-refractivity contribution in [2.45, 2.75) is 48.8 Å². The molecule has 0 radical (unpaired) electrons. The van der Waals surface area contributed by atoms with E-state index in [0.717, 1.165) is 35.5 Å². The summed E-state index contributed by atoms with van der Waals surface area (Å²) in [5.41, 5.74) is 2.39. The van der Waals surface area contributed by atoms with Gasteiger partial charge in [-0.2, -0.15) is 0 Å². The maximum absolute atomic E-state index is 13.3. The van der Waals surface area contributed by atoms with E-state index < -0.39 is 5.97 Å². The van der Waals surface area contributed by atoms with Gasteiger partial charge in [0.05, 0.1) is 5.56 Å². The number of oxime groups is 1. The van der Waals surface area contributed by atoms with Crippen molar-refractivity contribution in [3.05, 3.63) is 131 Å². The Balaban J connectivity index is 1.41. The van der Waals surface area contributed by atoms with E-state index in [1.807, 2.05) is 72.8 Å². The zero-order valence-electron chi connectivity index (χ0n) is 22.4. The molecule has 0 aliphatic carbocycles. The minimum atomic E-state index is -0.595. The molecular formula is C34H31NO4S. The third-order valence-corrected chi connectivity index (χ3v) is 7.30. The topological polar surface area (TPSA) is 72.8 Å². The smallest absolute Gasteiger partial charge is 0.312 e. The average molecular weight is 550 g/mol. The molecular weight excluding hydrogens is 518 g/mol. The number of Topliss-reactive ketones (excluding diaryl/α,β-unsaturated/α-hetero) is 1. The first-order valence-corrected chi connectivity index (χ1v) is 14.2. The van der Waals surface area contributed by atoms with Crippen LogP contribution in [0.4, 0.5) is 0 Å².